The van der Waals surface area contributed by atoms with Crippen molar-refractivity contribution in [2.75, 3.05) is 0 Å². The van der Waals surface area contributed by atoms with Crippen LogP contribution in [-0.4, -0.2) is 16.5 Å². The molecule has 0 saturated carbocycles. The molecule has 0 saturated heterocycles. The van der Waals surface area contributed by atoms with Gasteiger partial charge >= 0.3 is 5.24 Å². The average Bonchev–Trinajstić information content (AvgIpc) is 2.60. The number of aromatic nitrogens is 1. The van der Waals surface area contributed by atoms with Gasteiger partial charge in [0.05, 0.1) is 5.56 Å². The maximum Gasteiger partial charge on any atom is 0.307 e. The van der Waals surface area contributed by atoms with Crippen molar-refractivity contribution in [3.8, 4) is 0 Å². The second kappa shape index (κ2) is 3.23. The number of benzene rings is 1. The Kier molecular flexibility index (Phi) is 2.05. The molecule has 14 heavy (non-hydrogen) atoms. The summed E-state index contributed by atoms with van der Waals surface area (Å²) < 4.78 is 5.03. The SMILES string of the molecule is O=Cc1cccc2nc(C(=O)Cl)oc12. The third-order valence-electron chi connectivity index (χ3n) is 1.74. The Balaban J connectivity index is 2.76. The fraction of sp³-hybridized carbons (Fsp3) is 0. The topological polar surface area (TPSA) is 60.2 Å². The second-order valence-electron chi connectivity index (χ2n) is 2.61. The van der Waals surface area contributed by atoms with Crippen molar-refractivity contribution in [2.45, 2.75) is 0 Å². The first-order chi connectivity index (χ1) is 6.72. The van der Waals surface area contributed by atoms with E-state index in [1.807, 2.05) is 0 Å². The summed E-state index contributed by atoms with van der Waals surface area (Å²) in [5.74, 6) is -0.198. The summed E-state index contributed by atoms with van der Waals surface area (Å²) >= 11 is 5.19. The number of aldehydes is 1. The van der Waals surface area contributed by atoms with Crippen LogP contribution in [0.2, 0.25) is 0 Å². The molecule has 0 amide bonds. The van der Waals surface area contributed by atoms with E-state index in [9.17, 15) is 9.59 Å². The van der Waals surface area contributed by atoms with Crippen LogP contribution in [-0.2, 0) is 0 Å². The Morgan fingerprint density at radius 3 is 2.93 bits per heavy atom. The zero-order valence-corrected chi connectivity index (χ0v) is 7.62. The van der Waals surface area contributed by atoms with Crippen molar-refractivity contribution in [2.24, 2.45) is 0 Å². The van der Waals surface area contributed by atoms with E-state index in [-0.39, 0.29) is 11.5 Å². The third kappa shape index (κ3) is 1.29. The van der Waals surface area contributed by atoms with Crippen molar-refractivity contribution in [3.05, 3.63) is 29.7 Å². The number of hydrogen-bond acceptors (Lipinski definition) is 4. The molecule has 1 aromatic heterocycles. The average molecular weight is 210 g/mol. The molecule has 0 aliphatic rings. The molecule has 4 nitrogen and oxygen atoms in total. The summed E-state index contributed by atoms with van der Waals surface area (Å²) in [6, 6.07) is 4.86. The Labute approximate surface area is 83.5 Å². The largest absolute Gasteiger partial charge is 0.432 e. The van der Waals surface area contributed by atoms with Gasteiger partial charge in [-0.1, -0.05) is 6.07 Å². The molecule has 0 fully saturated rings. The van der Waals surface area contributed by atoms with E-state index in [0.29, 0.717) is 17.4 Å². The minimum Gasteiger partial charge on any atom is -0.432 e. The van der Waals surface area contributed by atoms with Gasteiger partial charge in [-0.3, -0.25) is 9.59 Å². The third-order valence-corrected chi connectivity index (χ3v) is 1.90. The molecule has 0 aliphatic heterocycles. The Bertz CT molecular complexity index is 518. The molecule has 2 rings (SSSR count). The molecule has 0 spiro atoms. The highest BCUT2D eigenvalue weighted by atomic mass is 35.5. The Morgan fingerprint density at radius 1 is 1.50 bits per heavy atom. The van der Waals surface area contributed by atoms with Crippen LogP contribution in [0.5, 0.6) is 0 Å². The second-order valence-corrected chi connectivity index (χ2v) is 2.95. The number of rotatable bonds is 2. The zero-order valence-electron chi connectivity index (χ0n) is 6.86. The fourth-order valence-electron chi connectivity index (χ4n) is 1.15. The van der Waals surface area contributed by atoms with E-state index in [1.165, 1.54) is 0 Å². The number of carbonyl (C=O) groups is 2. The normalized spacial score (nSPS) is 10.4. The van der Waals surface area contributed by atoms with Crippen LogP contribution in [0.25, 0.3) is 11.1 Å². The number of hydrogen-bond donors (Lipinski definition) is 0. The number of fused-ring (bicyclic) bond motifs is 1. The lowest BCUT2D eigenvalue weighted by atomic mass is 10.2. The highest BCUT2D eigenvalue weighted by Crippen LogP contribution is 2.19. The molecular weight excluding hydrogens is 206 g/mol. The van der Waals surface area contributed by atoms with E-state index in [1.54, 1.807) is 18.2 Å². The van der Waals surface area contributed by atoms with Gasteiger partial charge < -0.3 is 4.42 Å². The van der Waals surface area contributed by atoms with Gasteiger partial charge in [0.1, 0.15) is 5.52 Å². The number of para-hydroxylation sites is 1. The predicted octanol–water partition coefficient (Wildman–Crippen LogP) is 2.02. The van der Waals surface area contributed by atoms with Gasteiger partial charge in [-0.05, 0) is 23.7 Å². The first-order valence-corrected chi connectivity index (χ1v) is 4.14. The van der Waals surface area contributed by atoms with Crippen LogP contribution in [0.1, 0.15) is 21.0 Å². The molecule has 1 aromatic carbocycles. The lowest BCUT2D eigenvalue weighted by Crippen LogP contribution is -1.85. The van der Waals surface area contributed by atoms with Gasteiger partial charge in [-0.2, -0.15) is 0 Å². The van der Waals surface area contributed by atoms with Gasteiger partial charge in [-0.25, -0.2) is 4.98 Å². The van der Waals surface area contributed by atoms with Crippen molar-refractivity contribution in [1.82, 2.24) is 4.98 Å². The summed E-state index contributed by atoms with van der Waals surface area (Å²) in [5.41, 5.74) is 1.07. The molecule has 0 bridgehead atoms. The van der Waals surface area contributed by atoms with Gasteiger partial charge in [0.25, 0.3) is 5.89 Å². The predicted molar refractivity (Wildman–Crippen MR) is 49.6 cm³/mol. The number of nitrogens with zero attached hydrogens (tertiary/aromatic N) is 1. The molecule has 0 radical (unpaired) electrons. The molecule has 0 atom stereocenters. The monoisotopic (exact) mass is 209 g/mol. The van der Waals surface area contributed by atoms with Crippen molar-refractivity contribution >= 4 is 34.2 Å². The lowest BCUT2D eigenvalue weighted by Gasteiger charge is -1.88. The molecule has 1 heterocycles. The van der Waals surface area contributed by atoms with Crippen LogP contribution < -0.4 is 0 Å². The van der Waals surface area contributed by atoms with E-state index < -0.39 is 5.24 Å². The van der Waals surface area contributed by atoms with Gasteiger partial charge in [0, 0.05) is 0 Å². The molecule has 0 N–H and O–H groups in total. The summed E-state index contributed by atoms with van der Waals surface area (Å²) in [5, 5.41) is -0.780. The van der Waals surface area contributed by atoms with E-state index in [2.05, 4.69) is 4.98 Å². The van der Waals surface area contributed by atoms with Crippen molar-refractivity contribution in [1.29, 1.82) is 0 Å². The molecule has 70 valence electrons. The summed E-state index contributed by atoms with van der Waals surface area (Å²) in [7, 11) is 0. The number of carbonyl (C=O) groups excluding carboxylic acids is 2. The Morgan fingerprint density at radius 2 is 2.29 bits per heavy atom. The molecular formula is C9H4ClNO3. The van der Waals surface area contributed by atoms with Crippen LogP contribution >= 0.6 is 11.6 Å². The number of oxazole rings is 1. The van der Waals surface area contributed by atoms with Gasteiger partial charge in [-0.15, -0.1) is 0 Å². The standard InChI is InChI=1S/C9H4ClNO3/c10-8(13)9-11-6-3-1-2-5(4-12)7(6)14-9/h1-4H. The smallest absolute Gasteiger partial charge is 0.307 e. The van der Waals surface area contributed by atoms with E-state index >= 15 is 0 Å². The fourth-order valence-corrected chi connectivity index (χ4v) is 1.23. The van der Waals surface area contributed by atoms with Gasteiger partial charge in [0.15, 0.2) is 11.9 Å². The van der Waals surface area contributed by atoms with Crippen LogP contribution in [0.3, 0.4) is 0 Å². The van der Waals surface area contributed by atoms with Crippen LogP contribution in [0.15, 0.2) is 22.6 Å². The first-order valence-electron chi connectivity index (χ1n) is 3.77. The van der Waals surface area contributed by atoms with E-state index in [4.69, 9.17) is 16.0 Å². The minimum absolute atomic E-state index is 0.198. The highest BCUT2D eigenvalue weighted by Gasteiger charge is 2.13. The molecule has 0 unspecified atom stereocenters. The highest BCUT2D eigenvalue weighted by molar-refractivity contribution is 6.67. The first kappa shape index (κ1) is 8.90. The lowest BCUT2D eigenvalue weighted by molar-refractivity contribution is 0.105. The van der Waals surface area contributed by atoms with Crippen LogP contribution in [0, 0.1) is 0 Å². The summed E-state index contributed by atoms with van der Waals surface area (Å²) in [6.07, 6.45) is 0.635. The minimum atomic E-state index is -0.780. The maximum absolute atomic E-state index is 10.7. The Hall–Kier alpha value is -1.68. The van der Waals surface area contributed by atoms with Gasteiger partial charge in [0.2, 0.25) is 0 Å². The quantitative estimate of drug-likeness (QED) is 0.561. The van der Waals surface area contributed by atoms with E-state index in [0.717, 1.165) is 0 Å². The molecule has 5 heteroatoms. The zero-order chi connectivity index (χ0) is 10.1. The summed E-state index contributed by atoms with van der Waals surface area (Å²) in [4.78, 5) is 25.1. The summed E-state index contributed by atoms with van der Waals surface area (Å²) in [6.45, 7) is 0. The van der Waals surface area contributed by atoms with Crippen LogP contribution in [0.4, 0.5) is 0 Å². The van der Waals surface area contributed by atoms with Crippen molar-refractivity contribution < 1.29 is 14.0 Å². The number of halogens is 1. The maximum atomic E-state index is 10.7. The molecule has 2 aromatic rings. The molecule has 0 aliphatic carbocycles. The van der Waals surface area contributed by atoms with Crippen molar-refractivity contribution in [3.63, 3.8) is 0 Å².